The Balaban J connectivity index is 2.02. The predicted octanol–water partition coefficient (Wildman–Crippen LogP) is 2.50. The number of amides is 1. The molecule has 0 saturated heterocycles. The minimum atomic E-state index is -0.851. The molecule has 0 fully saturated rings. The summed E-state index contributed by atoms with van der Waals surface area (Å²) >= 11 is 0. The van der Waals surface area contributed by atoms with Crippen molar-refractivity contribution >= 4 is 17.3 Å². The van der Waals surface area contributed by atoms with Crippen LogP contribution in [0, 0.1) is 5.92 Å². The molecule has 0 aromatic heterocycles. The Morgan fingerprint density at radius 1 is 1.23 bits per heavy atom. The minimum absolute atomic E-state index is 0.108. The van der Waals surface area contributed by atoms with Gasteiger partial charge in [-0.3, -0.25) is 4.79 Å². The number of para-hydroxylation sites is 3. The van der Waals surface area contributed by atoms with Gasteiger partial charge in [-0.2, -0.15) is 0 Å². The van der Waals surface area contributed by atoms with Crippen LogP contribution >= 0.6 is 0 Å². The smallest absolute Gasteiger partial charge is 0.248 e. The number of hydrogen-bond acceptors (Lipinski definition) is 5. The van der Waals surface area contributed by atoms with Gasteiger partial charge in [0.05, 0.1) is 24.1 Å². The van der Waals surface area contributed by atoms with Gasteiger partial charge in [-0.25, -0.2) is 0 Å². The van der Waals surface area contributed by atoms with Gasteiger partial charge in [-0.05, 0) is 24.3 Å². The number of nitrogen functional groups attached to an aromatic ring is 1. The van der Waals surface area contributed by atoms with E-state index < -0.39 is 6.10 Å². The first kappa shape index (κ1) is 19.5. The molecule has 2 aromatic rings. The number of carbonyl (C=O) groups is 1. The number of rotatable bonds is 8. The molecule has 0 aliphatic rings. The lowest BCUT2D eigenvalue weighted by molar-refractivity contribution is -0.111. The van der Waals surface area contributed by atoms with Crippen molar-refractivity contribution in [3.05, 3.63) is 66.2 Å². The van der Waals surface area contributed by atoms with E-state index in [4.69, 9.17) is 15.6 Å². The van der Waals surface area contributed by atoms with Crippen molar-refractivity contribution in [2.75, 3.05) is 24.3 Å². The standard InChI is InChI=1S/C20H24N2O4/c1-14(10-11-19(24)22-17-8-4-3-7-16(17)21)20(25)15-6-2-5-9-18(15)26-13-12-23/h2-11,14,20,23,25H,12-13,21H2,1H3,(H,22,24)/b11-10+/t14-,20-/m1/s1. The average molecular weight is 356 g/mol. The second-order valence-corrected chi connectivity index (χ2v) is 5.85. The Labute approximate surface area is 152 Å². The number of nitrogens with two attached hydrogens (primary N) is 1. The third-order valence-electron chi connectivity index (χ3n) is 3.85. The maximum atomic E-state index is 12.0. The molecule has 138 valence electrons. The van der Waals surface area contributed by atoms with Gasteiger partial charge in [-0.1, -0.05) is 43.3 Å². The van der Waals surface area contributed by atoms with E-state index in [1.54, 1.807) is 61.5 Å². The molecule has 2 rings (SSSR count). The first-order valence-corrected chi connectivity index (χ1v) is 8.37. The van der Waals surface area contributed by atoms with E-state index in [1.165, 1.54) is 6.08 Å². The zero-order valence-corrected chi connectivity index (χ0v) is 14.6. The Morgan fingerprint density at radius 2 is 1.92 bits per heavy atom. The molecule has 0 aliphatic carbocycles. The highest BCUT2D eigenvalue weighted by Gasteiger charge is 2.18. The van der Waals surface area contributed by atoms with Crippen LogP contribution in [0.5, 0.6) is 5.75 Å². The third-order valence-corrected chi connectivity index (χ3v) is 3.85. The third kappa shape index (κ3) is 5.34. The predicted molar refractivity (Wildman–Crippen MR) is 102 cm³/mol. The summed E-state index contributed by atoms with van der Waals surface area (Å²) in [5.74, 6) is -0.143. The number of benzene rings is 2. The summed E-state index contributed by atoms with van der Waals surface area (Å²) in [6.45, 7) is 1.84. The lowest BCUT2D eigenvalue weighted by atomic mass is 9.96. The molecule has 0 bridgehead atoms. The molecule has 0 radical (unpaired) electrons. The number of hydrogen-bond donors (Lipinski definition) is 4. The van der Waals surface area contributed by atoms with Crippen LogP contribution in [0.2, 0.25) is 0 Å². The second-order valence-electron chi connectivity index (χ2n) is 5.85. The summed E-state index contributed by atoms with van der Waals surface area (Å²) in [7, 11) is 0. The van der Waals surface area contributed by atoms with Crippen molar-refractivity contribution in [2.45, 2.75) is 13.0 Å². The van der Waals surface area contributed by atoms with Crippen molar-refractivity contribution < 1.29 is 19.7 Å². The van der Waals surface area contributed by atoms with E-state index in [2.05, 4.69) is 5.32 Å². The molecule has 0 heterocycles. The number of aliphatic hydroxyl groups is 2. The number of anilines is 2. The quantitative estimate of drug-likeness (QED) is 0.430. The van der Waals surface area contributed by atoms with E-state index in [-0.39, 0.29) is 25.0 Å². The van der Waals surface area contributed by atoms with Gasteiger partial charge in [0.15, 0.2) is 0 Å². The zero-order valence-electron chi connectivity index (χ0n) is 14.6. The molecule has 0 aliphatic heterocycles. The Bertz CT molecular complexity index is 761. The highest BCUT2D eigenvalue weighted by Crippen LogP contribution is 2.30. The lowest BCUT2D eigenvalue weighted by Gasteiger charge is -2.19. The highest BCUT2D eigenvalue weighted by atomic mass is 16.5. The van der Waals surface area contributed by atoms with E-state index >= 15 is 0 Å². The van der Waals surface area contributed by atoms with Crippen molar-refractivity contribution in [3.8, 4) is 5.75 Å². The molecule has 2 aromatic carbocycles. The van der Waals surface area contributed by atoms with Crippen LogP contribution in [0.1, 0.15) is 18.6 Å². The van der Waals surface area contributed by atoms with Gasteiger partial charge in [0, 0.05) is 11.5 Å². The van der Waals surface area contributed by atoms with Crippen LogP contribution in [0.4, 0.5) is 11.4 Å². The van der Waals surface area contributed by atoms with Crippen LogP contribution in [0.3, 0.4) is 0 Å². The summed E-state index contributed by atoms with van der Waals surface area (Å²) in [6.07, 6.45) is 2.15. The van der Waals surface area contributed by atoms with Gasteiger partial charge in [0.1, 0.15) is 12.4 Å². The van der Waals surface area contributed by atoms with Crippen molar-refractivity contribution in [3.63, 3.8) is 0 Å². The molecular formula is C20H24N2O4. The van der Waals surface area contributed by atoms with Gasteiger partial charge in [0.25, 0.3) is 0 Å². The van der Waals surface area contributed by atoms with E-state index in [0.717, 1.165) is 0 Å². The fourth-order valence-electron chi connectivity index (χ4n) is 2.42. The number of ether oxygens (including phenoxy) is 1. The first-order valence-electron chi connectivity index (χ1n) is 8.37. The monoisotopic (exact) mass is 356 g/mol. The average Bonchev–Trinajstić information content (AvgIpc) is 2.66. The summed E-state index contributed by atoms with van der Waals surface area (Å²) in [6, 6.07) is 14.1. The lowest BCUT2D eigenvalue weighted by Crippen LogP contribution is -2.13. The van der Waals surface area contributed by atoms with E-state index in [1.807, 2.05) is 0 Å². The van der Waals surface area contributed by atoms with Crippen LogP contribution in [0.15, 0.2) is 60.7 Å². The SMILES string of the molecule is C[C@H](/C=C/C(=O)Nc1ccccc1N)[C@@H](O)c1ccccc1OCCO. The second kappa shape index (κ2) is 9.60. The van der Waals surface area contributed by atoms with Gasteiger partial charge in [0.2, 0.25) is 5.91 Å². The van der Waals surface area contributed by atoms with Gasteiger partial charge < -0.3 is 26.0 Å². The summed E-state index contributed by atoms with van der Waals surface area (Å²) < 4.78 is 5.45. The van der Waals surface area contributed by atoms with Crippen molar-refractivity contribution in [1.82, 2.24) is 0 Å². The fourth-order valence-corrected chi connectivity index (χ4v) is 2.42. The molecule has 0 spiro atoms. The Kier molecular flexibility index (Phi) is 7.20. The summed E-state index contributed by atoms with van der Waals surface area (Å²) in [4.78, 5) is 12.0. The van der Waals surface area contributed by atoms with Crippen LogP contribution in [0.25, 0.3) is 0 Å². The first-order chi connectivity index (χ1) is 12.5. The minimum Gasteiger partial charge on any atom is -0.491 e. The number of carbonyl (C=O) groups excluding carboxylic acids is 1. The molecular weight excluding hydrogens is 332 g/mol. The van der Waals surface area contributed by atoms with Gasteiger partial charge in [-0.15, -0.1) is 0 Å². The zero-order chi connectivity index (χ0) is 18.9. The van der Waals surface area contributed by atoms with Crippen LogP contribution in [-0.4, -0.2) is 29.3 Å². The normalized spacial score (nSPS) is 13.3. The molecule has 1 amide bonds. The largest absolute Gasteiger partial charge is 0.491 e. The van der Waals surface area contributed by atoms with E-state index in [0.29, 0.717) is 22.7 Å². The van der Waals surface area contributed by atoms with Crippen LogP contribution < -0.4 is 15.8 Å². The van der Waals surface area contributed by atoms with Gasteiger partial charge >= 0.3 is 0 Å². The van der Waals surface area contributed by atoms with Crippen molar-refractivity contribution in [1.29, 1.82) is 0 Å². The van der Waals surface area contributed by atoms with Crippen LogP contribution in [-0.2, 0) is 4.79 Å². The van der Waals surface area contributed by atoms with E-state index in [9.17, 15) is 9.90 Å². The molecule has 26 heavy (non-hydrogen) atoms. The molecule has 6 nitrogen and oxygen atoms in total. The Hall–Kier alpha value is -2.83. The maximum Gasteiger partial charge on any atom is 0.248 e. The topological polar surface area (TPSA) is 105 Å². The Morgan fingerprint density at radius 3 is 2.65 bits per heavy atom. The molecule has 0 saturated carbocycles. The molecule has 2 atom stereocenters. The summed E-state index contributed by atoms with van der Waals surface area (Å²) in [5.41, 5.74) is 7.42. The highest BCUT2D eigenvalue weighted by molar-refractivity contribution is 6.01. The van der Waals surface area contributed by atoms with Crippen molar-refractivity contribution in [2.24, 2.45) is 5.92 Å². The molecule has 6 heteroatoms. The molecule has 5 N–H and O–H groups in total. The number of aliphatic hydroxyl groups excluding tert-OH is 2. The molecule has 0 unspecified atom stereocenters. The number of nitrogens with one attached hydrogen (secondary N) is 1. The fraction of sp³-hybridized carbons (Fsp3) is 0.250. The maximum absolute atomic E-state index is 12.0. The summed E-state index contributed by atoms with van der Waals surface area (Å²) in [5, 5.41) is 22.2.